The maximum absolute atomic E-state index is 13.0. The van der Waals surface area contributed by atoms with E-state index in [1.54, 1.807) is 4.68 Å². The first kappa shape index (κ1) is 19.9. The van der Waals surface area contributed by atoms with Gasteiger partial charge in [-0.2, -0.15) is 0 Å². The second-order valence-corrected chi connectivity index (χ2v) is 7.60. The van der Waals surface area contributed by atoms with Gasteiger partial charge in [-0.3, -0.25) is 4.79 Å². The van der Waals surface area contributed by atoms with Crippen LogP contribution >= 0.6 is 11.6 Å². The molecule has 1 N–H and O–H groups in total. The molecule has 3 aromatic carbocycles. The maximum Gasteiger partial charge on any atom is 0.295 e. The van der Waals surface area contributed by atoms with Crippen LogP contribution in [0, 0.1) is 20.8 Å². The van der Waals surface area contributed by atoms with Gasteiger partial charge >= 0.3 is 0 Å². The summed E-state index contributed by atoms with van der Waals surface area (Å²) in [4.78, 5) is 17.6. The van der Waals surface area contributed by atoms with Crippen LogP contribution in [0.25, 0.3) is 17.1 Å². The third-order valence-corrected chi connectivity index (χ3v) is 5.37. The summed E-state index contributed by atoms with van der Waals surface area (Å²) >= 11 is 6.33. The van der Waals surface area contributed by atoms with Crippen molar-refractivity contribution in [3.8, 4) is 17.1 Å². The second kappa shape index (κ2) is 8.13. The zero-order chi connectivity index (χ0) is 21.3. The Balaban J connectivity index is 1.79. The molecule has 0 bridgehead atoms. The van der Waals surface area contributed by atoms with Crippen LogP contribution in [0.2, 0.25) is 5.02 Å². The van der Waals surface area contributed by atoms with Crippen LogP contribution < -0.4 is 5.32 Å². The Hall–Kier alpha value is -3.44. The Labute approximate surface area is 180 Å². The highest BCUT2D eigenvalue weighted by molar-refractivity contribution is 6.31. The molecule has 1 aromatic heterocycles. The largest absolute Gasteiger partial charge is 0.319 e. The summed E-state index contributed by atoms with van der Waals surface area (Å²) in [5.74, 6) is 0.303. The van der Waals surface area contributed by atoms with Gasteiger partial charge in [0.25, 0.3) is 5.91 Å². The number of anilines is 1. The van der Waals surface area contributed by atoms with Crippen molar-refractivity contribution in [3.05, 3.63) is 94.3 Å². The Morgan fingerprint density at radius 3 is 2.27 bits per heavy atom. The highest BCUT2D eigenvalue weighted by Crippen LogP contribution is 2.25. The molecule has 0 aliphatic heterocycles. The summed E-state index contributed by atoms with van der Waals surface area (Å²) < 4.78 is 1.65. The topological polar surface area (TPSA) is 59.8 Å². The molecule has 0 saturated heterocycles. The SMILES string of the molecule is Cc1ccc(-n2nc(C(=O)Nc3c(C)cccc3C)nc2-c2ccccc2)cc1Cl. The van der Waals surface area contributed by atoms with E-state index in [1.165, 1.54) is 0 Å². The number of nitrogens with zero attached hydrogens (tertiary/aromatic N) is 3. The molecule has 0 spiro atoms. The van der Waals surface area contributed by atoms with Gasteiger partial charge in [0, 0.05) is 16.3 Å². The van der Waals surface area contributed by atoms with Gasteiger partial charge in [-0.05, 0) is 49.6 Å². The van der Waals surface area contributed by atoms with E-state index in [1.807, 2.05) is 87.5 Å². The van der Waals surface area contributed by atoms with Crippen molar-refractivity contribution in [2.24, 2.45) is 0 Å². The standard InChI is InChI=1S/C24H21ClN4O/c1-15-12-13-19(14-20(15)25)29-23(18-10-5-4-6-11-18)27-22(28-29)24(30)26-21-16(2)8-7-9-17(21)3/h4-14H,1-3H3,(H,26,30). The highest BCUT2D eigenvalue weighted by atomic mass is 35.5. The van der Waals surface area contributed by atoms with Gasteiger partial charge in [0.1, 0.15) is 0 Å². The maximum atomic E-state index is 13.0. The minimum absolute atomic E-state index is 0.0909. The summed E-state index contributed by atoms with van der Waals surface area (Å²) in [7, 11) is 0. The molecular formula is C24H21ClN4O. The molecule has 0 fully saturated rings. The number of carbonyl (C=O) groups excluding carboxylic acids is 1. The van der Waals surface area contributed by atoms with E-state index in [-0.39, 0.29) is 11.7 Å². The number of nitrogens with one attached hydrogen (secondary N) is 1. The van der Waals surface area contributed by atoms with E-state index in [2.05, 4.69) is 15.4 Å². The number of aromatic nitrogens is 3. The van der Waals surface area contributed by atoms with Crippen molar-refractivity contribution in [1.29, 1.82) is 0 Å². The monoisotopic (exact) mass is 416 g/mol. The lowest BCUT2D eigenvalue weighted by Gasteiger charge is -2.09. The average molecular weight is 417 g/mol. The number of rotatable bonds is 4. The molecule has 0 aliphatic rings. The lowest BCUT2D eigenvalue weighted by molar-refractivity contribution is 0.101. The minimum Gasteiger partial charge on any atom is -0.319 e. The van der Waals surface area contributed by atoms with Crippen molar-refractivity contribution in [1.82, 2.24) is 14.8 Å². The zero-order valence-electron chi connectivity index (χ0n) is 17.0. The van der Waals surface area contributed by atoms with Crippen LogP contribution in [0.1, 0.15) is 27.3 Å². The third kappa shape index (κ3) is 3.84. The molecule has 6 heteroatoms. The van der Waals surface area contributed by atoms with Crippen molar-refractivity contribution < 1.29 is 4.79 Å². The predicted octanol–water partition coefficient (Wildman–Crippen LogP) is 5.77. The predicted molar refractivity (Wildman–Crippen MR) is 120 cm³/mol. The third-order valence-electron chi connectivity index (χ3n) is 4.96. The minimum atomic E-state index is -0.360. The molecule has 5 nitrogen and oxygen atoms in total. The molecular weight excluding hydrogens is 396 g/mol. The van der Waals surface area contributed by atoms with E-state index in [9.17, 15) is 4.79 Å². The van der Waals surface area contributed by atoms with E-state index >= 15 is 0 Å². The van der Waals surface area contributed by atoms with Crippen LogP contribution in [-0.2, 0) is 0 Å². The van der Waals surface area contributed by atoms with Crippen LogP contribution in [0.5, 0.6) is 0 Å². The number of benzene rings is 3. The summed E-state index contributed by atoms with van der Waals surface area (Å²) in [5, 5.41) is 8.10. The lowest BCUT2D eigenvalue weighted by atomic mass is 10.1. The highest BCUT2D eigenvalue weighted by Gasteiger charge is 2.20. The number of amides is 1. The fourth-order valence-corrected chi connectivity index (χ4v) is 3.43. The first-order valence-corrected chi connectivity index (χ1v) is 9.98. The fourth-order valence-electron chi connectivity index (χ4n) is 3.26. The number of para-hydroxylation sites is 1. The van der Waals surface area contributed by atoms with Gasteiger partial charge in [0.05, 0.1) is 5.69 Å². The molecule has 0 saturated carbocycles. The van der Waals surface area contributed by atoms with E-state index < -0.39 is 0 Å². The van der Waals surface area contributed by atoms with Crippen LogP contribution in [-0.4, -0.2) is 20.7 Å². The molecule has 1 amide bonds. The molecule has 150 valence electrons. The Morgan fingerprint density at radius 2 is 1.60 bits per heavy atom. The van der Waals surface area contributed by atoms with Crippen LogP contribution in [0.4, 0.5) is 5.69 Å². The van der Waals surface area contributed by atoms with Crippen molar-refractivity contribution in [2.45, 2.75) is 20.8 Å². The zero-order valence-corrected chi connectivity index (χ0v) is 17.7. The Morgan fingerprint density at radius 1 is 0.900 bits per heavy atom. The molecule has 4 rings (SSSR count). The summed E-state index contributed by atoms with van der Waals surface area (Å²) in [6.07, 6.45) is 0. The van der Waals surface area contributed by atoms with Gasteiger partial charge in [-0.25, -0.2) is 9.67 Å². The molecule has 4 aromatic rings. The molecule has 0 radical (unpaired) electrons. The molecule has 0 unspecified atom stereocenters. The summed E-state index contributed by atoms with van der Waals surface area (Å²) in [6.45, 7) is 5.85. The van der Waals surface area contributed by atoms with Crippen molar-refractivity contribution >= 4 is 23.2 Å². The number of aryl methyl sites for hydroxylation is 3. The number of hydrogen-bond acceptors (Lipinski definition) is 3. The van der Waals surface area contributed by atoms with Gasteiger partial charge in [-0.1, -0.05) is 66.2 Å². The van der Waals surface area contributed by atoms with Gasteiger partial charge in [0.15, 0.2) is 5.82 Å². The molecule has 30 heavy (non-hydrogen) atoms. The van der Waals surface area contributed by atoms with Crippen molar-refractivity contribution in [2.75, 3.05) is 5.32 Å². The number of hydrogen-bond donors (Lipinski definition) is 1. The van der Waals surface area contributed by atoms with E-state index in [0.717, 1.165) is 33.6 Å². The lowest BCUT2D eigenvalue weighted by Crippen LogP contribution is -2.16. The van der Waals surface area contributed by atoms with E-state index in [4.69, 9.17) is 11.6 Å². The molecule has 0 aliphatic carbocycles. The quantitative estimate of drug-likeness (QED) is 0.459. The molecule has 1 heterocycles. The fraction of sp³-hybridized carbons (Fsp3) is 0.125. The normalized spacial score (nSPS) is 10.8. The Kier molecular flexibility index (Phi) is 5.38. The van der Waals surface area contributed by atoms with Gasteiger partial charge < -0.3 is 5.32 Å². The average Bonchev–Trinajstić information content (AvgIpc) is 3.19. The second-order valence-electron chi connectivity index (χ2n) is 7.19. The first-order chi connectivity index (χ1) is 14.4. The number of halogens is 1. The smallest absolute Gasteiger partial charge is 0.295 e. The Bertz CT molecular complexity index is 1210. The van der Waals surface area contributed by atoms with Gasteiger partial charge in [-0.15, -0.1) is 5.10 Å². The summed E-state index contributed by atoms with van der Waals surface area (Å²) in [5.41, 5.74) is 5.30. The van der Waals surface area contributed by atoms with Crippen molar-refractivity contribution in [3.63, 3.8) is 0 Å². The van der Waals surface area contributed by atoms with Crippen LogP contribution in [0.3, 0.4) is 0 Å². The van der Waals surface area contributed by atoms with Gasteiger partial charge in [0.2, 0.25) is 5.82 Å². The van der Waals surface area contributed by atoms with Crippen LogP contribution in [0.15, 0.2) is 66.7 Å². The molecule has 0 atom stereocenters. The van der Waals surface area contributed by atoms with E-state index in [0.29, 0.717) is 10.8 Å². The summed E-state index contributed by atoms with van der Waals surface area (Å²) in [6, 6.07) is 21.2. The number of carbonyl (C=O) groups is 1. The first-order valence-electron chi connectivity index (χ1n) is 9.60.